The average molecular weight is 216 g/mol. The molecule has 0 aliphatic rings. The first kappa shape index (κ1) is 13.9. The minimum absolute atomic E-state index is 0.0352. The van der Waals surface area contributed by atoms with E-state index in [1.807, 2.05) is 0 Å². The van der Waals surface area contributed by atoms with Crippen molar-refractivity contribution in [3.63, 3.8) is 0 Å². The number of nitrogens with one attached hydrogen (secondary N) is 1. The normalized spacial score (nSPS) is 12.0. The van der Waals surface area contributed by atoms with Crippen molar-refractivity contribution in [3.05, 3.63) is 0 Å². The number of rotatable bonds is 6. The number of likely N-dealkylation sites (N-methyl/N-ethyl adjacent to an activating group) is 1. The van der Waals surface area contributed by atoms with Crippen molar-refractivity contribution < 1.29 is 14.3 Å². The molecule has 0 aromatic rings. The Morgan fingerprint density at radius 1 is 1.40 bits per heavy atom. The molecule has 0 saturated heterocycles. The van der Waals surface area contributed by atoms with Crippen LogP contribution in [0.4, 0.5) is 0 Å². The molecule has 88 valence electrons. The molecule has 1 N–H and O–H groups in total. The Balaban J connectivity index is 3.59. The molecular weight excluding hydrogens is 196 g/mol. The lowest BCUT2D eigenvalue weighted by molar-refractivity contribution is -0.140. The lowest BCUT2D eigenvalue weighted by atomic mass is 10.2. The van der Waals surface area contributed by atoms with Gasteiger partial charge in [-0.15, -0.1) is 0 Å². The van der Waals surface area contributed by atoms with Gasteiger partial charge in [0.05, 0.1) is 13.2 Å². The van der Waals surface area contributed by atoms with Crippen LogP contribution in [0.15, 0.2) is 0 Å². The molecule has 0 saturated carbocycles. The molecule has 1 amide bonds. The van der Waals surface area contributed by atoms with Crippen LogP contribution < -0.4 is 5.32 Å². The van der Waals surface area contributed by atoms with Gasteiger partial charge in [0.2, 0.25) is 5.91 Å². The van der Waals surface area contributed by atoms with E-state index in [-0.39, 0.29) is 17.9 Å². The van der Waals surface area contributed by atoms with Crippen LogP contribution in [-0.4, -0.2) is 50.6 Å². The van der Waals surface area contributed by atoms with Crippen LogP contribution in [0.25, 0.3) is 0 Å². The zero-order valence-electron chi connectivity index (χ0n) is 9.87. The van der Waals surface area contributed by atoms with Gasteiger partial charge in [0.25, 0.3) is 0 Å². The van der Waals surface area contributed by atoms with E-state index in [2.05, 4.69) is 10.1 Å². The fraction of sp³-hybridized carbons (Fsp3) is 0.800. The highest BCUT2D eigenvalue weighted by Gasteiger charge is 2.13. The Labute approximate surface area is 90.8 Å². The molecule has 5 nitrogen and oxygen atoms in total. The van der Waals surface area contributed by atoms with Crippen LogP contribution in [0.5, 0.6) is 0 Å². The third-order valence-corrected chi connectivity index (χ3v) is 2.05. The predicted molar refractivity (Wildman–Crippen MR) is 57.4 cm³/mol. The topological polar surface area (TPSA) is 58.6 Å². The highest BCUT2D eigenvalue weighted by Crippen LogP contribution is 1.93. The summed E-state index contributed by atoms with van der Waals surface area (Å²) < 4.78 is 4.50. The minimum Gasteiger partial charge on any atom is -0.469 e. The van der Waals surface area contributed by atoms with E-state index in [1.165, 1.54) is 12.0 Å². The Hall–Kier alpha value is -1.10. The number of amides is 1. The number of esters is 1. The minimum atomic E-state index is -0.219. The maximum Gasteiger partial charge on any atom is 0.305 e. The molecule has 0 aliphatic heterocycles. The first-order valence-corrected chi connectivity index (χ1v) is 5.00. The highest BCUT2D eigenvalue weighted by molar-refractivity contribution is 5.80. The van der Waals surface area contributed by atoms with E-state index in [0.717, 1.165) is 0 Å². The summed E-state index contributed by atoms with van der Waals surface area (Å²) in [6.45, 7) is 2.44. The number of ether oxygens (including phenoxy) is 1. The number of hydrogen-bond acceptors (Lipinski definition) is 4. The lowest BCUT2D eigenvalue weighted by Gasteiger charge is -2.17. The standard InChI is InChI=1S/C10H20N2O3/c1-8(10(14)12(2)3)11-7-5-6-9(13)15-4/h8,11H,5-7H2,1-4H3. The Bertz CT molecular complexity index is 217. The van der Waals surface area contributed by atoms with Crippen LogP contribution in [0.1, 0.15) is 19.8 Å². The van der Waals surface area contributed by atoms with Gasteiger partial charge in [-0.05, 0) is 19.9 Å². The van der Waals surface area contributed by atoms with Gasteiger partial charge in [0, 0.05) is 20.5 Å². The smallest absolute Gasteiger partial charge is 0.305 e. The summed E-state index contributed by atoms with van der Waals surface area (Å²) >= 11 is 0. The second-order valence-corrected chi connectivity index (χ2v) is 3.59. The molecule has 0 aliphatic carbocycles. The van der Waals surface area contributed by atoms with Crippen LogP contribution in [0.3, 0.4) is 0 Å². The molecule has 0 radical (unpaired) electrons. The van der Waals surface area contributed by atoms with Gasteiger partial charge in [0.15, 0.2) is 0 Å². The van der Waals surface area contributed by atoms with E-state index >= 15 is 0 Å². The van der Waals surface area contributed by atoms with Gasteiger partial charge in [-0.3, -0.25) is 9.59 Å². The zero-order valence-corrected chi connectivity index (χ0v) is 9.87. The van der Waals surface area contributed by atoms with Crippen molar-refractivity contribution in [1.29, 1.82) is 0 Å². The number of nitrogens with zero attached hydrogens (tertiary/aromatic N) is 1. The summed E-state index contributed by atoms with van der Waals surface area (Å²) in [6, 6.07) is -0.211. The SMILES string of the molecule is COC(=O)CCCNC(C)C(=O)N(C)C. The van der Waals surface area contributed by atoms with Crippen LogP contribution in [0.2, 0.25) is 0 Å². The van der Waals surface area contributed by atoms with Gasteiger partial charge in [0.1, 0.15) is 0 Å². The quantitative estimate of drug-likeness (QED) is 0.502. The van der Waals surface area contributed by atoms with Gasteiger partial charge in [-0.25, -0.2) is 0 Å². The van der Waals surface area contributed by atoms with Crippen molar-refractivity contribution >= 4 is 11.9 Å². The van der Waals surface area contributed by atoms with Crippen molar-refractivity contribution in [1.82, 2.24) is 10.2 Å². The number of carbonyl (C=O) groups is 2. The lowest BCUT2D eigenvalue weighted by Crippen LogP contribution is -2.41. The maximum absolute atomic E-state index is 11.4. The molecule has 0 heterocycles. The molecule has 0 spiro atoms. The number of methoxy groups -OCH3 is 1. The first-order valence-electron chi connectivity index (χ1n) is 5.00. The monoisotopic (exact) mass is 216 g/mol. The fourth-order valence-electron chi connectivity index (χ4n) is 1.13. The van der Waals surface area contributed by atoms with Crippen LogP contribution >= 0.6 is 0 Å². The molecule has 1 atom stereocenters. The summed E-state index contributed by atoms with van der Waals surface area (Å²) in [4.78, 5) is 23.7. The van der Waals surface area contributed by atoms with Crippen molar-refractivity contribution in [2.24, 2.45) is 0 Å². The highest BCUT2D eigenvalue weighted by atomic mass is 16.5. The van der Waals surface area contributed by atoms with Crippen LogP contribution in [0, 0.1) is 0 Å². The zero-order chi connectivity index (χ0) is 11.8. The van der Waals surface area contributed by atoms with E-state index in [4.69, 9.17) is 0 Å². The van der Waals surface area contributed by atoms with Gasteiger partial charge < -0.3 is 15.0 Å². The summed E-state index contributed by atoms with van der Waals surface area (Å²) in [5.74, 6) is -0.184. The van der Waals surface area contributed by atoms with Crippen molar-refractivity contribution in [2.45, 2.75) is 25.8 Å². The van der Waals surface area contributed by atoms with Gasteiger partial charge in [-0.1, -0.05) is 0 Å². The summed E-state index contributed by atoms with van der Waals surface area (Å²) in [6.07, 6.45) is 1.06. The van der Waals surface area contributed by atoms with Crippen molar-refractivity contribution in [3.8, 4) is 0 Å². The fourth-order valence-corrected chi connectivity index (χ4v) is 1.13. The first-order chi connectivity index (χ1) is 6.99. The van der Waals surface area contributed by atoms with Gasteiger partial charge in [-0.2, -0.15) is 0 Å². The second kappa shape index (κ2) is 7.23. The molecule has 5 heteroatoms. The van der Waals surface area contributed by atoms with E-state index < -0.39 is 0 Å². The van der Waals surface area contributed by atoms with Crippen molar-refractivity contribution in [2.75, 3.05) is 27.7 Å². The molecule has 0 fully saturated rings. The van der Waals surface area contributed by atoms with E-state index in [9.17, 15) is 9.59 Å². The Morgan fingerprint density at radius 2 is 2.00 bits per heavy atom. The third-order valence-electron chi connectivity index (χ3n) is 2.05. The molecule has 0 aromatic heterocycles. The molecule has 15 heavy (non-hydrogen) atoms. The largest absolute Gasteiger partial charge is 0.469 e. The molecule has 1 unspecified atom stereocenters. The van der Waals surface area contributed by atoms with Crippen LogP contribution in [-0.2, 0) is 14.3 Å². The molecule has 0 bridgehead atoms. The Kier molecular flexibility index (Phi) is 6.70. The molecule has 0 aromatic carbocycles. The predicted octanol–water partition coefficient (Wildman–Crippen LogP) is 0.00590. The second-order valence-electron chi connectivity index (χ2n) is 3.59. The molecular formula is C10H20N2O3. The van der Waals surface area contributed by atoms with Gasteiger partial charge >= 0.3 is 5.97 Å². The average Bonchev–Trinajstić information content (AvgIpc) is 2.22. The Morgan fingerprint density at radius 3 is 2.47 bits per heavy atom. The summed E-state index contributed by atoms with van der Waals surface area (Å²) in [5.41, 5.74) is 0. The summed E-state index contributed by atoms with van der Waals surface area (Å²) in [5, 5.41) is 3.04. The molecule has 0 rings (SSSR count). The van der Waals surface area contributed by atoms with E-state index in [1.54, 1.807) is 21.0 Å². The number of hydrogen-bond donors (Lipinski definition) is 1. The number of carbonyl (C=O) groups excluding carboxylic acids is 2. The summed E-state index contributed by atoms with van der Waals surface area (Å²) in [7, 11) is 4.80. The van der Waals surface area contributed by atoms with E-state index in [0.29, 0.717) is 19.4 Å². The third kappa shape index (κ3) is 6.06. The maximum atomic E-state index is 11.4.